The summed E-state index contributed by atoms with van der Waals surface area (Å²) in [5.41, 5.74) is 1.87. The van der Waals surface area contributed by atoms with Gasteiger partial charge in [-0.05, 0) is 24.3 Å². The van der Waals surface area contributed by atoms with Crippen molar-refractivity contribution in [1.29, 1.82) is 0 Å². The van der Waals surface area contributed by atoms with Gasteiger partial charge in [-0.3, -0.25) is 14.5 Å². The molecule has 5 nitrogen and oxygen atoms in total. The van der Waals surface area contributed by atoms with Crippen molar-refractivity contribution in [3.8, 4) is 22.6 Å². The van der Waals surface area contributed by atoms with Gasteiger partial charge >= 0.3 is 5.76 Å². The third kappa shape index (κ3) is 2.28. The molecule has 19 heavy (non-hydrogen) atoms. The topological polar surface area (TPSA) is 71.8 Å². The number of H-pyrrole nitrogens is 1. The van der Waals surface area contributed by atoms with Gasteiger partial charge in [-0.1, -0.05) is 17.3 Å². The molecule has 0 fully saturated rings. The van der Waals surface area contributed by atoms with Crippen LogP contribution in [0.4, 0.5) is 4.39 Å². The van der Waals surface area contributed by atoms with E-state index in [2.05, 4.69) is 19.6 Å². The van der Waals surface area contributed by atoms with Crippen LogP contribution in [0.3, 0.4) is 0 Å². The number of benzene rings is 1. The lowest BCUT2D eigenvalue weighted by Crippen LogP contribution is -1.95. The van der Waals surface area contributed by atoms with E-state index < -0.39 is 5.76 Å². The van der Waals surface area contributed by atoms with Crippen molar-refractivity contribution >= 4 is 0 Å². The molecule has 1 aromatic carbocycles. The highest BCUT2D eigenvalue weighted by atomic mass is 19.1. The minimum atomic E-state index is -0.626. The third-order valence-corrected chi connectivity index (χ3v) is 2.59. The zero-order chi connectivity index (χ0) is 13.2. The Morgan fingerprint density at radius 3 is 2.79 bits per heavy atom. The number of hydrogen-bond donors (Lipinski definition) is 1. The fraction of sp³-hybridized carbons (Fsp3) is 0. The van der Waals surface area contributed by atoms with E-state index in [1.165, 1.54) is 12.1 Å². The molecule has 0 unspecified atom stereocenters. The number of nitrogens with one attached hydrogen (secondary N) is 1. The van der Waals surface area contributed by atoms with Gasteiger partial charge in [-0.15, -0.1) is 0 Å². The smallest absolute Gasteiger partial charge is 0.296 e. The van der Waals surface area contributed by atoms with Crippen LogP contribution in [0.15, 0.2) is 51.9 Å². The first-order valence-corrected chi connectivity index (χ1v) is 5.51. The highest BCUT2D eigenvalue weighted by Crippen LogP contribution is 2.22. The molecule has 0 bridgehead atoms. The summed E-state index contributed by atoms with van der Waals surface area (Å²) in [5.74, 6) is -0.649. The first-order chi connectivity index (χ1) is 9.22. The largest absolute Gasteiger partial charge is 0.439 e. The highest BCUT2D eigenvalue weighted by Gasteiger charge is 2.07. The molecule has 0 aliphatic rings. The number of nitrogens with zero attached hydrogens (tertiary/aromatic N) is 2. The summed E-state index contributed by atoms with van der Waals surface area (Å²) >= 11 is 0. The lowest BCUT2D eigenvalue weighted by Gasteiger charge is -2.02. The third-order valence-electron chi connectivity index (χ3n) is 2.59. The Balaban J connectivity index is 2.07. The summed E-state index contributed by atoms with van der Waals surface area (Å²) in [6.45, 7) is 0. The maximum Gasteiger partial charge on any atom is 0.439 e. The van der Waals surface area contributed by atoms with Crippen LogP contribution in [0.25, 0.3) is 22.6 Å². The monoisotopic (exact) mass is 257 g/mol. The molecule has 0 spiro atoms. The van der Waals surface area contributed by atoms with E-state index in [-0.39, 0.29) is 5.82 Å². The van der Waals surface area contributed by atoms with E-state index in [1.807, 2.05) is 0 Å². The van der Waals surface area contributed by atoms with Crippen molar-refractivity contribution in [3.63, 3.8) is 0 Å². The molecule has 3 aromatic rings. The van der Waals surface area contributed by atoms with Crippen LogP contribution in [-0.4, -0.2) is 15.1 Å². The second-order valence-electron chi connectivity index (χ2n) is 3.88. The molecule has 0 saturated carbocycles. The Bertz CT molecular complexity index is 779. The number of rotatable bonds is 2. The Kier molecular flexibility index (Phi) is 2.68. The van der Waals surface area contributed by atoms with Crippen molar-refractivity contribution in [1.82, 2.24) is 15.1 Å². The zero-order valence-corrected chi connectivity index (χ0v) is 9.63. The Morgan fingerprint density at radius 2 is 2.05 bits per heavy atom. The molecule has 94 valence electrons. The van der Waals surface area contributed by atoms with Crippen LogP contribution in [-0.2, 0) is 0 Å². The average Bonchev–Trinajstić information content (AvgIpc) is 2.86. The maximum atomic E-state index is 13.2. The van der Waals surface area contributed by atoms with Gasteiger partial charge in [0.25, 0.3) is 0 Å². The summed E-state index contributed by atoms with van der Waals surface area (Å²) < 4.78 is 17.6. The molecule has 2 aromatic heterocycles. The molecular formula is C13H8FN3O2. The van der Waals surface area contributed by atoms with Crippen LogP contribution in [0.5, 0.6) is 0 Å². The Labute approximate surface area is 106 Å². The molecule has 6 heteroatoms. The summed E-state index contributed by atoms with van der Waals surface area (Å²) in [5, 5.41) is 3.59. The van der Waals surface area contributed by atoms with Crippen LogP contribution in [0, 0.1) is 5.82 Å². The summed E-state index contributed by atoms with van der Waals surface area (Å²) in [6, 6.07) is 9.48. The average molecular weight is 257 g/mol. The van der Waals surface area contributed by atoms with Gasteiger partial charge in [-0.25, -0.2) is 9.18 Å². The predicted octanol–water partition coefficient (Wildman–Crippen LogP) is 2.23. The van der Waals surface area contributed by atoms with Gasteiger partial charge in [0.05, 0.1) is 5.69 Å². The molecule has 0 aliphatic carbocycles. The summed E-state index contributed by atoms with van der Waals surface area (Å²) in [7, 11) is 0. The fourth-order valence-corrected chi connectivity index (χ4v) is 1.74. The van der Waals surface area contributed by atoms with E-state index in [0.717, 1.165) is 0 Å². The van der Waals surface area contributed by atoms with E-state index in [0.29, 0.717) is 22.6 Å². The lowest BCUT2D eigenvalue weighted by molar-refractivity contribution is 0.388. The van der Waals surface area contributed by atoms with Crippen LogP contribution in [0.1, 0.15) is 0 Å². The fourth-order valence-electron chi connectivity index (χ4n) is 1.74. The lowest BCUT2D eigenvalue weighted by atomic mass is 10.1. The molecule has 3 rings (SSSR count). The van der Waals surface area contributed by atoms with Gasteiger partial charge in [0.15, 0.2) is 5.82 Å². The van der Waals surface area contributed by atoms with Crippen molar-refractivity contribution in [2.75, 3.05) is 0 Å². The Morgan fingerprint density at radius 1 is 1.16 bits per heavy atom. The summed E-state index contributed by atoms with van der Waals surface area (Å²) in [6.07, 6.45) is 1.56. The van der Waals surface area contributed by atoms with E-state index in [4.69, 9.17) is 0 Å². The minimum Gasteiger partial charge on any atom is -0.296 e. The highest BCUT2D eigenvalue weighted by molar-refractivity contribution is 5.66. The second kappa shape index (κ2) is 4.49. The SMILES string of the molecule is O=c1[nH]c(-c2ccnc(-c3cccc(F)c3)c2)no1. The molecule has 2 heterocycles. The maximum absolute atomic E-state index is 13.2. The van der Waals surface area contributed by atoms with E-state index in [9.17, 15) is 9.18 Å². The second-order valence-corrected chi connectivity index (χ2v) is 3.88. The minimum absolute atomic E-state index is 0.310. The molecule has 1 N–H and O–H groups in total. The normalized spacial score (nSPS) is 10.6. The van der Waals surface area contributed by atoms with Crippen LogP contribution >= 0.6 is 0 Å². The van der Waals surface area contributed by atoms with E-state index >= 15 is 0 Å². The van der Waals surface area contributed by atoms with E-state index in [1.54, 1.807) is 30.5 Å². The van der Waals surface area contributed by atoms with Gasteiger partial charge in [0.1, 0.15) is 5.82 Å². The number of pyridine rings is 1. The molecule has 0 amide bonds. The van der Waals surface area contributed by atoms with Gasteiger partial charge < -0.3 is 0 Å². The summed E-state index contributed by atoms with van der Waals surface area (Å²) in [4.78, 5) is 17.5. The number of aromatic amines is 1. The molecule has 0 aliphatic heterocycles. The van der Waals surface area contributed by atoms with Gasteiger partial charge in [-0.2, -0.15) is 0 Å². The first kappa shape index (κ1) is 11.3. The number of hydrogen-bond acceptors (Lipinski definition) is 4. The zero-order valence-electron chi connectivity index (χ0n) is 9.63. The van der Waals surface area contributed by atoms with Crippen molar-refractivity contribution in [3.05, 3.63) is 59.0 Å². The molecular weight excluding hydrogens is 249 g/mol. The molecule has 0 radical (unpaired) electrons. The van der Waals surface area contributed by atoms with Gasteiger partial charge in [0.2, 0.25) is 0 Å². The first-order valence-electron chi connectivity index (χ1n) is 5.51. The molecule has 0 atom stereocenters. The standard InChI is InChI=1S/C13H8FN3O2/c14-10-3-1-2-8(6-10)11-7-9(4-5-15-11)12-16-13(18)19-17-12/h1-7H,(H,16,17,18). The van der Waals surface area contributed by atoms with Crippen molar-refractivity contribution in [2.24, 2.45) is 0 Å². The molecule has 0 saturated heterocycles. The number of halogens is 1. The van der Waals surface area contributed by atoms with Crippen molar-refractivity contribution < 1.29 is 8.91 Å². The van der Waals surface area contributed by atoms with Gasteiger partial charge in [0, 0.05) is 17.3 Å². The number of aromatic nitrogens is 3. The van der Waals surface area contributed by atoms with Crippen LogP contribution in [0.2, 0.25) is 0 Å². The predicted molar refractivity (Wildman–Crippen MR) is 65.7 cm³/mol. The van der Waals surface area contributed by atoms with Crippen LogP contribution < -0.4 is 5.76 Å². The van der Waals surface area contributed by atoms with Crippen molar-refractivity contribution in [2.45, 2.75) is 0 Å². The Hall–Kier alpha value is -2.76. The quantitative estimate of drug-likeness (QED) is 0.764.